The lowest BCUT2D eigenvalue weighted by Gasteiger charge is -2.15. The Kier molecular flexibility index (Phi) is 8.69. The third-order valence-electron chi connectivity index (χ3n) is 4.80. The summed E-state index contributed by atoms with van der Waals surface area (Å²) in [6.07, 6.45) is 2.15. The van der Waals surface area contributed by atoms with Crippen molar-refractivity contribution in [1.29, 1.82) is 0 Å². The Bertz CT molecular complexity index is 851. The van der Waals surface area contributed by atoms with Crippen LogP contribution in [0.4, 0.5) is 11.4 Å². The molecule has 1 unspecified atom stereocenters. The fourth-order valence-corrected chi connectivity index (χ4v) is 3.14. The van der Waals surface area contributed by atoms with Crippen molar-refractivity contribution in [3.05, 3.63) is 54.1 Å². The van der Waals surface area contributed by atoms with Crippen LogP contribution in [0, 0.1) is 0 Å². The van der Waals surface area contributed by atoms with Crippen LogP contribution in [-0.2, 0) is 14.3 Å². The molecule has 2 amide bonds. The average Bonchev–Trinajstić information content (AvgIpc) is 3.31. The molecule has 0 aromatic heterocycles. The number of hydrogen-bond acceptors (Lipinski definition) is 6. The van der Waals surface area contributed by atoms with Gasteiger partial charge in [-0.05, 0) is 49.2 Å². The van der Waals surface area contributed by atoms with Gasteiger partial charge in [0.2, 0.25) is 5.91 Å². The Balaban J connectivity index is 1.46. The molecule has 8 nitrogen and oxygen atoms in total. The van der Waals surface area contributed by atoms with Gasteiger partial charge in [-0.25, -0.2) is 0 Å². The van der Waals surface area contributed by atoms with Gasteiger partial charge in [0.25, 0.3) is 5.91 Å². The van der Waals surface area contributed by atoms with Crippen LogP contribution in [0.15, 0.2) is 48.5 Å². The molecule has 3 N–H and O–H groups in total. The Morgan fingerprint density at radius 1 is 1.13 bits per heavy atom. The first-order valence-corrected chi connectivity index (χ1v) is 10.4. The van der Waals surface area contributed by atoms with Crippen molar-refractivity contribution >= 4 is 23.2 Å². The van der Waals surface area contributed by atoms with E-state index in [0.717, 1.165) is 25.1 Å². The fraction of sp³-hybridized carbons (Fsp3) is 0.391. The first kappa shape index (κ1) is 22.6. The first-order chi connectivity index (χ1) is 15.2. The summed E-state index contributed by atoms with van der Waals surface area (Å²) in [5.74, 6) is 0.255. The van der Waals surface area contributed by atoms with E-state index < -0.39 is 0 Å². The SMILES string of the molecule is COCCNC(=O)c1ccc(NCC(=O)Nc2ccccc2OCC2CCCO2)cc1. The smallest absolute Gasteiger partial charge is 0.251 e. The summed E-state index contributed by atoms with van der Waals surface area (Å²) in [5.41, 5.74) is 1.91. The predicted molar refractivity (Wildman–Crippen MR) is 119 cm³/mol. The number of benzene rings is 2. The second-order valence-corrected chi connectivity index (χ2v) is 7.17. The van der Waals surface area contributed by atoms with E-state index >= 15 is 0 Å². The number of hydrogen-bond donors (Lipinski definition) is 3. The van der Waals surface area contributed by atoms with Crippen molar-refractivity contribution in [3.63, 3.8) is 0 Å². The molecular formula is C23H29N3O5. The van der Waals surface area contributed by atoms with Gasteiger partial charge in [0, 0.05) is 31.5 Å². The summed E-state index contributed by atoms with van der Waals surface area (Å²) < 4.78 is 16.3. The second kappa shape index (κ2) is 11.9. The van der Waals surface area contributed by atoms with Gasteiger partial charge >= 0.3 is 0 Å². The molecule has 1 fully saturated rings. The van der Waals surface area contributed by atoms with E-state index in [4.69, 9.17) is 14.2 Å². The predicted octanol–water partition coefficient (Wildman–Crippen LogP) is 2.67. The number of carbonyl (C=O) groups is 2. The zero-order chi connectivity index (χ0) is 21.9. The monoisotopic (exact) mass is 427 g/mol. The molecule has 1 atom stereocenters. The topological polar surface area (TPSA) is 97.9 Å². The second-order valence-electron chi connectivity index (χ2n) is 7.17. The van der Waals surface area contributed by atoms with Crippen LogP contribution in [0.1, 0.15) is 23.2 Å². The molecule has 3 rings (SSSR count). The first-order valence-electron chi connectivity index (χ1n) is 10.4. The molecule has 1 heterocycles. The number of para-hydroxylation sites is 2. The zero-order valence-corrected chi connectivity index (χ0v) is 17.7. The van der Waals surface area contributed by atoms with Crippen LogP contribution < -0.4 is 20.7 Å². The quantitative estimate of drug-likeness (QED) is 0.477. The van der Waals surface area contributed by atoms with E-state index in [2.05, 4.69) is 16.0 Å². The molecule has 2 aromatic carbocycles. The molecule has 0 saturated carbocycles. The van der Waals surface area contributed by atoms with Crippen molar-refractivity contribution < 1.29 is 23.8 Å². The summed E-state index contributed by atoms with van der Waals surface area (Å²) in [7, 11) is 1.58. The third kappa shape index (κ3) is 7.27. The summed E-state index contributed by atoms with van der Waals surface area (Å²) in [5, 5.41) is 8.69. The van der Waals surface area contributed by atoms with Gasteiger partial charge in [-0.1, -0.05) is 12.1 Å². The van der Waals surface area contributed by atoms with Crippen LogP contribution in [0.25, 0.3) is 0 Å². The van der Waals surface area contributed by atoms with Crippen molar-refractivity contribution in [3.8, 4) is 5.75 Å². The van der Waals surface area contributed by atoms with Crippen LogP contribution in [0.2, 0.25) is 0 Å². The van der Waals surface area contributed by atoms with Gasteiger partial charge in [-0.15, -0.1) is 0 Å². The van der Waals surface area contributed by atoms with E-state index in [1.807, 2.05) is 18.2 Å². The lowest BCUT2D eigenvalue weighted by atomic mass is 10.2. The van der Waals surface area contributed by atoms with E-state index in [9.17, 15) is 9.59 Å². The van der Waals surface area contributed by atoms with E-state index in [0.29, 0.717) is 36.8 Å². The number of anilines is 2. The molecule has 31 heavy (non-hydrogen) atoms. The molecule has 0 aliphatic carbocycles. The van der Waals surface area contributed by atoms with E-state index in [-0.39, 0.29) is 24.5 Å². The number of carbonyl (C=O) groups excluding carboxylic acids is 2. The number of ether oxygens (including phenoxy) is 3. The van der Waals surface area contributed by atoms with Gasteiger partial charge in [-0.3, -0.25) is 9.59 Å². The molecule has 1 aliphatic rings. The minimum atomic E-state index is -0.199. The largest absolute Gasteiger partial charge is 0.489 e. The van der Waals surface area contributed by atoms with E-state index in [1.165, 1.54) is 0 Å². The molecule has 2 aromatic rings. The van der Waals surface area contributed by atoms with Gasteiger partial charge in [0.1, 0.15) is 12.4 Å². The van der Waals surface area contributed by atoms with Crippen LogP contribution in [-0.4, -0.2) is 57.9 Å². The Morgan fingerprint density at radius 3 is 2.68 bits per heavy atom. The van der Waals surface area contributed by atoms with Crippen LogP contribution >= 0.6 is 0 Å². The van der Waals surface area contributed by atoms with Gasteiger partial charge < -0.3 is 30.2 Å². The number of amides is 2. The average molecular weight is 428 g/mol. The van der Waals surface area contributed by atoms with Crippen molar-refractivity contribution in [2.45, 2.75) is 18.9 Å². The van der Waals surface area contributed by atoms with Crippen LogP contribution in [0.5, 0.6) is 5.75 Å². The lowest BCUT2D eigenvalue weighted by Crippen LogP contribution is -2.26. The van der Waals surface area contributed by atoms with Crippen LogP contribution in [0.3, 0.4) is 0 Å². The highest BCUT2D eigenvalue weighted by atomic mass is 16.5. The number of methoxy groups -OCH3 is 1. The molecular weight excluding hydrogens is 398 g/mol. The molecule has 1 saturated heterocycles. The minimum Gasteiger partial charge on any atom is -0.489 e. The number of nitrogens with one attached hydrogen (secondary N) is 3. The highest BCUT2D eigenvalue weighted by Crippen LogP contribution is 2.25. The highest BCUT2D eigenvalue weighted by Gasteiger charge is 2.17. The standard InChI is InChI=1S/C23H29N3O5/c1-29-14-12-24-23(28)17-8-10-18(11-9-17)25-15-22(27)26-20-6-2-3-7-21(20)31-16-19-5-4-13-30-19/h2-3,6-11,19,25H,4-5,12-16H2,1H3,(H,24,28)(H,26,27). The van der Waals surface area contributed by atoms with Gasteiger partial charge in [0.15, 0.2) is 0 Å². The summed E-state index contributed by atoms with van der Waals surface area (Å²) in [6, 6.07) is 14.3. The summed E-state index contributed by atoms with van der Waals surface area (Å²) in [6.45, 7) is 2.24. The third-order valence-corrected chi connectivity index (χ3v) is 4.80. The Hall–Kier alpha value is -3.10. The fourth-order valence-electron chi connectivity index (χ4n) is 3.14. The molecule has 1 aliphatic heterocycles. The lowest BCUT2D eigenvalue weighted by molar-refractivity contribution is -0.114. The molecule has 0 radical (unpaired) electrons. The number of rotatable bonds is 11. The Morgan fingerprint density at radius 2 is 1.94 bits per heavy atom. The maximum Gasteiger partial charge on any atom is 0.251 e. The zero-order valence-electron chi connectivity index (χ0n) is 17.7. The maximum absolute atomic E-state index is 12.4. The summed E-state index contributed by atoms with van der Waals surface area (Å²) in [4.78, 5) is 24.4. The maximum atomic E-state index is 12.4. The van der Waals surface area contributed by atoms with E-state index in [1.54, 1.807) is 37.4 Å². The normalized spacial score (nSPS) is 15.3. The minimum absolute atomic E-state index is 0.0828. The van der Waals surface area contributed by atoms with Gasteiger partial charge in [-0.2, -0.15) is 0 Å². The van der Waals surface area contributed by atoms with Crippen molar-refractivity contribution in [1.82, 2.24) is 5.32 Å². The molecule has 0 bridgehead atoms. The molecule has 8 heteroatoms. The van der Waals surface area contributed by atoms with Gasteiger partial charge in [0.05, 0.1) is 24.9 Å². The van der Waals surface area contributed by atoms with Crippen molar-refractivity contribution in [2.75, 3.05) is 50.7 Å². The van der Waals surface area contributed by atoms with Crippen molar-refractivity contribution in [2.24, 2.45) is 0 Å². The molecule has 0 spiro atoms. The Labute approximate surface area is 182 Å². The highest BCUT2D eigenvalue weighted by molar-refractivity contribution is 5.96. The summed E-state index contributed by atoms with van der Waals surface area (Å²) >= 11 is 0. The molecule has 166 valence electrons.